The molecule has 0 spiro atoms. The molecule has 2 aliphatic heterocycles. The van der Waals surface area contributed by atoms with Crippen LogP contribution in [0.15, 0.2) is 47.7 Å². The number of nitrogens with one attached hydrogen (secondary N) is 2. The molecule has 152 valence electrons. The molecule has 2 aliphatic rings. The Morgan fingerprint density at radius 1 is 1.28 bits per heavy atom. The highest BCUT2D eigenvalue weighted by Gasteiger charge is 2.53. The van der Waals surface area contributed by atoms with E-state index in [9.17, 15) is 18.0 Å². The van der Waals surface area contributed by atoms with Crippen LogP contribution < -0.4 is 16.5 Å². The summed E-state index contributed by atoms with van der Waals surface area (Å²) in [6, 6.07) is 9.28. The highest BCUT2D eigenvalue weighted by Crippen LogP contribution is 2.37. The Kier molecular flexibility index (Phi) is 4.55. The van der Waals surface area contributed by atoms with Crippen molar-refractivity contribution < 1.29 is 18.0 Å². The van der Waals surface area contributed by atoms with Crippen molar-refractivity contribution in [2.24, 2.45) is 10.8 Å². The number of halogens is 3. The molecular weight excluding hydrogens is 385 g/mol. The lowest BCUT2D eigenvalue weighted by molar-refractivity contribution is -0.137. The quantitative estimate of drug-likeness (QED) is 0.718. The maximum absolute atomic E-state index is 13.2. The van der Waals surface area contributed by atoms with Gasteiger partial charge in [0.2, 0.25) is 0 Å². The van der Waals surface area contributed by atoms with Gasteiger partial charge in [0.15, 0.2) is 5.54 Å². The summed E-state index contributed by atoms with van der Waals surface area (Å²) in [6.45, 7) is 0.718. The third-order valence-corrected chi connectivity index (χ3v) is 5.21. The molecule has 1 amide bonds. The van der Waals surface area contributed by atoms with Gasteiger partial charge in [-0.15, -0.1) is 0 Å². The van der Waals surface area contributed by atoms with Gasteiger partial charge in [-0.2, -0.15) is 18.3 Å². The molecule has 2 unspecified atom stereocenters. The maximum atomic E-state index is 13.2. The van der Waals surface area contributed by atoms with Gasteiger partial charge >= 0.3 is 6.18 Å². The Hall–Kier alpha value is -2.98. The van der Waals surface area contributed by atoms with Crippen LogP contribution >= 0.6 is 0 Å². The van der Waals surface area contributed by atoms with Crippen LogP contribution in [0, 0.1) is 0 Å². The van der Waals surface area contributed by atoms with Gasteiger partial charge < -0.3 is 10.3 Å². The van der Waals surface area contributed by atoms with Gasteiger partial charge in [0, 0.05) is 26.2 Å². The van der Waals surface area contributed by atoms with Crippen molar-refractivity contribution in [3.05, 3.63) is 65.0 Å². The van der Waals surface area contributed by atoms with Crippen LogP contribution in [0.3, 0.4) is 0 Å². The number of benzene rings is 1. The van der Waals surface area contributed by atoms with Crippen molar-refractivity contribution in [3.63, 3.8) is 0 Å². The van der Waals surface area contributed by atoms with Crippen molar-refractivity contribution >= 4 is 11.6 Å². The van der Waals surface area contributed by atoms with Crippen LogP contribution in [0.5, 0.6) is 0 Å². The summed E-state index contributed by atoms with van der Waals surface area (Å²) in [5, 5.41) is 7.27. The fourth-order valence-corrected chi connectivity index (χ4v) is 3.62. The predicted molar refractivity (Wildman–Crippen MR) is 99.5 cm³/mol. The minimum absolute atomic E-state index is 0.138. The summed E-state index contributed by atoms with van der Waals surface area (Å²) in [5.41, 5.74) is 8.87. The second-order valence-electron chi connectivity index (χ2n) is 6.98. The van der Waals surface area contributed by atoms with E-state index in [1.165, 1.54) is 18.0 Å². The Morgan fingerprint density at radius 3 is 2.62 bits per heavy atom. The second kappa shape index (κ2) is 6.82. The summed E-state index contributed by atoms with van der Waals surface area (Å²) in [4.78, 5) is 18.5. The normalized spacial score (nSPS) is 24.6. The molecule has 3 heterocycles. The van der Waals surface area contributed by atoms with E-state index in [0.29, 0.717) is 5.56 Å². The Balaban J connectivity index is 1.85. The van der Waals surface area contributed by atoms with Gasteiger partial charge in [0.25, 0.3) is 5.91 Å². The highest BCUT2D eigenvalue weighted by atomic mass is 19.4. The predicted octanol–water partition coefficient (Wildman–Crippen LogP) is 1.35. The summed E-state index contributed by atoms with van der Waals surface area (Å²) in [6.07, 6.45) is -3.88. The first-order valence-corrected chi connectivity index (χ1v) is 8.98. The van der Waals surface area contributed by atoms with Gasteiger partial charge in [-0.05, 0) is 29.3 Å². The molecule has 1 aromatic carbocycles. The number of nitrogens with two attached hydrogens (primary N) is 1. The number of aromatic nitrogens is 1. The zero-order valence-electron chi connectivity index (χ0n) is 15.5. The monoisotopic (exact) mass is 404 g/mol. The number of carbonyl (C=O) groups is 1. The molecule has 2 aromatic rings. The molecule has 0 aliphatic carbocycles. The number of rotatable bonds is 3. The van der Waals surface area contributed by atoms with E-state index in [4.69, 9.17) is 5.73 Å². The highest BCUT2D eigenvalue weighted by molar-refractivity contribution is 6.02. The van der Waals surface area contributed by atoms with Gasteiger partial charge in [-0.3, -0.25) is 20.8 Å². The first kappa shape index (κ1) is 19.3. The van der Waals surface area contributed by atoms with Crippen molar-refractivity contribution in [1.29, 1.82) is 0 Å². The van der Waals surface area contributed by atoms with Crippen LogP contribution in [-0.4, -0.2) is 41.4 Å². The van der Waals surface area contributed by atoms with Crippen molar-refractivity contribution in [3.8, 4) is 0 Å². The molecule has 1 aromatic heterocycles. The molecule has 0 radical (unpaired) electrons. The molecule has 4 rings (SSSR count). The Morgan fingerprint density at radius 2 is 2.07 bits per heavy atom. The number of hydrogen-bond acceptors (Lipinski definition) is 6. The molecule has 1 saturated heterocycles. The molecule has 1 fully saturated rings. The van der Waals surface area contributed by atoms with E-state index in [-0.39, 0.29) is 5.69 Å². The van der Waals surface area contributed by atoms with Crippen molar-refractivity contribution in [1.82, 2.24) is 20.6 Å². The van der Waals surface area contributed by atoms with E-state index in [0.717, 1.165) is 36.5 Å². The minimum atomic E-state index is -4.52. The molecule has 7 nitrogen and oxygen atoms in total. The molecule has 0 saturated carbocycles. The topological polar surface area (TPSA) is 95.6 Å². The number of likely N-dealkylation sites (N-methyl/N-ethyl adjacent to an activating group) is 1. The number of nitrogens with zero attached hydrogens (tertiary/aromatic N) is 3. The SMILES string of the molecule is CN1C(=O)C(c2cccc(C3=NNCC3)c2)(c2ccc(C(F)(F)F)cn2)NC1N. The average molecular weight is 404 g/mol. The molecule has 29 heavy (non-hydrogen) atoms. The van der Waals surface area contributed by atoms with Crippen LogP contribution in [0.2, 0.25) is 0 Å². The molecule has 10 heteroatoms. The van der Waals surface area contributed by atoms with Gasteiger partial charge in [-0.1, -0.05) is 18.2 Å². The third-order valence-electron chi connectivity index (χ3n) is 5.21. The van der Waals surface area contributed by atoms with Gasteiger partial charge in [0.1, 0.15) is 6.29 Å². The lowest BCUT2D eigenvalue weighted by Crippen LogP contribution is -2.48. The van der Waals surface area contributed by atoms with E-state index in [2.05, 4.69) is 20.8 Å². The van der Waals surface area contributed by atoms with Gasteiger partial charge in [-0.25, -0.2) is 0 Å². The van der Waals surface area contributed by atoms with Crippen LogP contribution in [0.25, 0.3) is 0 Å². The summed E-state index contributed by atoms with van der Waals surface area (Å²) < 4.78 is 38.9. The first-order valence-electron chi connectivity index (χ1n) is 8.98. The number of amides is 1. The molecule has 2 atom stereocenters. The molecule has 0 bridgehead atoms. The van der Waals surface area contributed by atoms with Crippen LogP contribution in [0.4, 0.5) is 13.2 Å². The summed E-state index contributed by atoms with van der Waals surface area (Å²) >= 11 is 0. The first-order chi connectivity index (χ1) is 13.7. The Labute approximate surface area is 164 Å². The van der Waals surface area contributed by atoms with E-state index >= 15 is 0 Å². The van der Waals surface area contributed by atoms with E-state index in [1.807, 2.05) is 6.07 Å². The minimum Gasteiger partial charge on any atom is -0.315 e. The number of carbonyl (C=O) groups excluding carboxylic acids is 1. The van der Waals surface area contributed by atoms with Crippen LogP contribution in [0.1, 0.15) is 28.8 Å². The second-order valence-corrected chi connectivity index (χ2v) is 6.98. The fourth-order valence-electron chi connectivity index (χ4n) is 3.62. The lowest BCUT2D eigenvalue weighted by Gasteiger charge is -2.28. The number of hydrazone groups is 1. The number of hydrogen-bond donors (Lipinski definition) is 3. The summed E-state index contributed by atoms with van der Waals surface area (Å²) in [7, 11) is 1.53. The van der Waals surface area contributed by atoms with Crippen molar-refractivity contribution in [2.45, 2.75) is 24.4 Å². The smallest absolute Gasteiger partial charge is 0.315 e. The zero-order valence-corrected chi connectivity index (χ0v) is 15.5. The number of pyridine rings is 1. The van der Waals surface area contributed by atoms with Crippen LogP contribution in [-0.2, 0) is 16.5 Å². The average Bonchev–Trinajstić information content (AvgIpc) is 3.32. The molecular formula is C19H19F3N6O. The van der Waals surface area contributed by atoms with E-state index in [1.54, 1.807) is 18.2 Å². The van der Waals surface area contributed by atoms with Gasteiger partial charge in [0.05, 0.1) is 17.0 Å². The zero-order chi connectivity index (χ0) is 20.8. The summed E-state index contributed by atoms with van der Waals surface area (Å²) in [5.74, 6) is -0.402. The fraction of sp³-hybridized carbons (Fsp3) is 0.316. The van der Waals surface area contributed by atoms with Crippen molar-refractivity contribution in [2.75, 3.05) is 13.6 Å². The lowest BCUT2D eigenvalue weighted by atomic mass is 9.84. The molecule has 4 N–H and O–H groups in total. The third kappa shape index (κ3) is 3.14. The Bertz CT molecular complexity index is 975. The number of alkyl halides is 3. The maximum Gasteiger partial charge on any atom is 0.417 e. The van der Waals surface area contributed by atoms with E-state index < -0.39 is 29.5 Å². The largest absolute Gasteiger partial charge is 0.417 e. The standard InChI is InChI=1S/C19H19F3N6O/c1-28-16(29)18(26-17(28)23,15-6-5-13(10-24-15)19(20,21)22)12-4-2-3-11(9-12)14-7-8-25-27-14/h2-6,9-10,17,25-26H,7-8,23H2,1H3.